The Morgan fingerprint density at radius 1 is 1.38 bits per heavy atom. The zero-order valence-corrected chi connectivity index (χ0v) is 9.47. The molecule has 2 aromatic rings. The number of alkyl halides is 1. The number of aromatic nitrogens is 2. The van der Waals surface area contributed by atoms with Gasteiger partial charge in [0.05, 0.1) is 11.0 Å². The molecule has 2 aromatic heterocycles. The van der Waals surface area contributed by atoms with Gasteiger partial charge in [-0.25, -0.2) is 0 Å². The lowest BCUT2D eigenvalue weighted by Crippen LogP contribution is -2.13. The van der Waals surface area contributed by atoms with Crippen molar-refractivity contribution in [2.75, 3.05) is 0 Å². The minimum Gasteiger partial charge on any atom is -0.320 e. The number of aromatic amines is 1. The van der Waals surface area contributed by atoms with Gasteiger partial charge in [-0.3, -0.25) is 9.78 Å². The van der Waals surface area contributed by atoms with Crippen LogP contribution in [0.15, 0.2) is 17.1 Å². The molecule has 0 spiro atoms. The number of aryl methyl sites for hydroxylation is 1. The molecule has 0 unspecified atom stereocenters. The third kappa shape index (κ3) is 1.35. The highest BCUT2D eigenvalue weighted by Gasteiger charge is 2.18. The molecule has 3 rings (SSSR count). The van der Waals surface area contributed by atoms with Gasteiger partial charge in [0.2, 0.25) is 0 Å². The van der Waals surface area contributed by atoms with Crippen molar-refractivity contribution in [2.45, 2.75) is 25.1 Å². The summed E-state index contributed by atoms with van der Waals surface area (Å²) in [5.74, 6) is 0.419. The van der Waals surface area contributed by atoms with Crippen molar-refractivity contribution in [2.24, 2.45) is 0 Å². The molecule has 3 nitrogen and oxygen atoms in total. The lowest BCUT2D eigenvalue weighted by Gasteiger charge is -2.05. The summed E-state index contributed by atoms with van der Waals surface area (Å²) in [7, 11) is 0. The van der Waals surface area contributed by atoms with Gasteiger partial charge in [-0.1, -0.05) is 0 Å². The first-order chi connectivity index (χ1) is 7.79. The molecule has 0 aliphatic heterocycles. The third-order valence-corrected chi connectivity index (χ3v) is 3.43. The maximum Gasteiger partial charge on any atom is 0.251 e. The SMILES string of the molecule is O=c1[nH]c2cc(CCl)cnc2c2c1CCC2. The van der Waals surface area contributed by atoms with Crippen molar-refractivity contribution < 1.29 is 0 Å². The van der Waals surface area contributed by atoms with Gasteiger partial charge in [-0.15, -0.1) is 11.6 Å². The monoisotopic (exact) mass is 234 g/mol. The van der Waals surface area contributed by atoms with Gasteiger partial charge in [-0.2, -0.15) is 0 Å². The molecule has 1 N–H and O–H groups in total. The normalized spacial score (nSPS) is 14.3. The molecule has 0 aromatic carbocycles. The fraction of sp³-hybridized carbons (Fsp3) is 0.333. The molecule has 1 aliphatic rings. The van der Waals surface area contributed by atoms with Crippen LogP contribution in [-0.4, -0.2) is 9.97 Å². The zero-order chi connectivity index (χ0) is 11.1. The van der Waals surface area contributed by atoms with Crippen molar-refractivity contribution in [3.63, 3.8) is 0 Å². The number of hydrogen-bond acceptors (Lipinski definition) is 2. The van der Waals surface area contributed by atoms with Crippen LogP contribution in [0.3, 0.4) is 0 Å². The Labute approximate surface area is 97.5 Å². The van der Waals surface area contributed by atoms with Crippen LogP contribution >= 0.6 is 11.6 Å². The van der Waals surface area contributed by atoms with Crippen molar-refractivity contribution in [1.29, 1.82) is 0 Å². The molecule has 4 heteroatoms. The van der Waals surface area contributed by atoms with Crippen LogP contribution in [0.1, 0.15) is 23.1 Å². The zero-order valence-electron chi connectivity index (χ0n) is 8.72. The Bertz CT molecular complexity index is 618. The minimum atomic E-state index is 0.0357. The summed E-state index contributed by atoms with van der Waals surface area (Å²) in [5, 5.41) is 0. The molecule has 0 amide bonds. The van der Waals surface area contributed by atoms with Crippen LogP contribution in [-0.2, 0) is 18.7 Å². The van der Waals surface area contributed by atoms with E-state index >= 15 is 0 Å². The van der Waals surface area contributed by atoms with Crippen LogP contribution < -0.4 is 5.56 Å². The fourth-order valence-electron chi connectivity index (χ4n) is 2.37. The molecule has 0 fully saturated rings. The highest BCUT2D eigenvalue weighted by atomic mass is 35.5. The molecule has 16 heavy (non-hydrogen) atoms. The van der Waals surface area contributed by atoms with E-state index < -0.39 is 0 Å². The van der Waals surface area contributed by atoms with E-state index in [9.17, 15) is 4.79 Å². The maximum absolute atomic E-state index is 11.8. The van der Waals surface area contributed by atoms with Crippen LogP contribution in [0.5, 0.6) is 0 Å². The average Bonchev–Trinajstić information content (AvgIpc) is 2.78. The number of nitrogens with one attached hydrogen (secondary N) is 1. The largest absolute Gasteiger partial charge is 0.320 e. The molecule has 0 radical (unpaired) electrons. The second kappa shape index (κ2) is 3.59. The second-order valence-corrected chi connectivity index (χ2v) is 4.41. The Kier molecular flexibility index (Phi) is 2.21. The summed E-state index contributed by atoms with van der Waals surface area (Å²) in [6.07, 6.45) is 4.67. The van der Waals surface area contributed by atoms with E-state index in [2.05, 4.69) is 9.97 Å². The number of rotatable bonds is 1. The Morgan fingerprint density at radius 3 is 3.00 bits per heavy atom. The summed E-state index contributed by atoms with van der Waals surface area (Å²) in [6.45, 7) is 0. The van der Waals surface area contributed by atoms with E-state index in [0.29, 0.717) is 5.88 Å². The molecular weight excluding hydrogens is 224 g/mol. The van der Waals surface area contributed by atoms with Crippen molar-refractivity contribution in [1.82, 2.24) is 9.97 Å². The summed E-state index contributed by atoms with van der Waals surface area (Å²) < 4.78 is 0. The number of hydrogen-bond donors (Lipinski definition) is 1. The summed E-state index contributed by atoms with van der Waals surface area (Å²) in [4.78, 5) is 19.1. The van der Waals surface area contributed by atoms with Gasteiger partial charge in [0.1, 0.15) is 0 Å². The van der Waals surface area contributed by atoms with Crippen LogP contribution in [0.2, 0.25) is 0 Å². The molecule has 82 valence electrons. The molecule has 0 atom stereocenters. The molecule has 0 saturated carbocycles. The second-order valence-electron chi connectivity index (χ2n) is 4.14. The van der Waals surface area contributed by atoms with Crippen molar-refractivity contribution in [3.05, 3.63) is 39.3 Å². The maximum atomic E-state index is 11.8. The number of pyridine rings is 2. The predicted molar refractivity (Wildman–Crippen MR) is 63.9 cm³/mol. The lowest BCUT2D eigenvalue weighted by molar-refractivity contribution is 0.908. The average molecular weight is 235 g/mol. The van der Waals surface area contributed by atoms with Gasteiger partial charge in [0.25, 0.3) is 5.56 Å². The van der Waals surface area contributed by atoms with Gasteiger partial charge in [0, 0.05) is 17.6 Å². The Hall–Kier alpha value is -1.35. The lowest BCUT2D eigenvalue weighted by atomic mass is 10.1. The molecule has 0 saturated heterocycles. The molecule has 0 bridgehead atoms. The van der Waals surface area contributed by atoms with Gasteiger partial charge in [0.15, 0.2) is 0 Å². The first kappa shape index (κ1) is 9.85. The Morgan fingerprint density at radius 2 is 2.19 bits per heavy atom. The number of nitrogens with zero attached hydrogens (tertiary/aromatic N) is 1. The number of fused-ring (bicyclic) bond motifs is 3. The molecule has 2 heterocycles. The smallest absolute Gasteiger partial charge is 0.251 e. The van der Waals surface area contributed by atoms with E-state index in [1.54, 1.807) is 6.20 Å². The van der Waals surface area contributed by atoms with E-state index in [0.717, 1.165) is 47.0 Å². The van der Waals surface area contributed by atoms with Crippen molar-refractivity contribution in [3.8, 4) is 0 Å². The standard InChI is InChI=1S/C12H11ClN2O/c13-5-7-4-10-11(14-6-7)8-2-1-3-9(8)12(16)15-10/h4,6H,1-3,5H2,(H,15,16). The fourth-order valence-corrected chi connectivity index (χ4v) is 2.52. The first-order valence-electron chi connectivity index (χ1n) is 5.38. The minimum absolute atomic E-state index is 0.0357. The number of H-pyrrole nitrogens is 1. The number of halogens is 1. The topological polar surface area (TPSA) is 45.8 Å². The first-order valence-corrected chi connectivity index (χ1v) is 5.91. The van der Waals surface area contributed by atoms with Crippen LogP contribution in [0, 0.1) is 0 Å². The molecule has 1 aliphatic carbocycles. The summed E-state index contributed by atoms with van der Waals surface area (Å²) >= 11 is 5.75. The third-order valence-electron chi connectivity index (χ3n) is 3.12. The van der Waals surface area contributed by atoms with E-state index in [-0.39, 0.29) is 5.56 Å². The summed E-state index contributed by atoms with van der Waals surface area (Å²) in [5.41, 5.74) is 4.75. The molecular formula is C12H11ClN2O. The quantitative estimate of drug-likeness (QED) is 0.769. The van der Waals surface area contributed by atoms with E-state index in [4.69, 9.17) is 11.6 Å². The van der Waals surface area contributed by atoms with E-state index in [1.165, 1.54) is 0 Å². The van der Waals surface area contributed by atoms with Crippen LogP contribution in [0.25, 0.3) is 11.0 Å². The van der Waals surface area contributed by atoms with Gasteiger partial charge >= 0.3 is 0 Å². The van der Waals surface area contributed by atoms with Crippen molar-refractivity contribution >= 4 is 22.6 Å². The summed E-state index contributed by atoms with van der Waals surface area (Å²) in [6, 6.07) is 1.91. The highest BCUT2D eigenvalue weighted by Crippen LogP contribution is 2.25. The van der Waals surface area contributed by atoms with Gasteiger partial charge < -0.3 is 4.98 Å². The van der Waals surface area contributed by atoms with Gasteiger partial charge in [-0.05, 0) is 36.5 Å². The predicted octanol–water partition coefficient (Wildman–Crippen LogP) is 2.15. The highest BCUT2D eigenvalue weighted by molar-refractivity contribution is 6.17. The van der Waals surface area contributed by atoms with Crippen LogP contribution in [0.4, 0.5) is 0 Å². The Balaban J connectivity index is 2.38. The van der Waals surface area contributed by atoms with E-state index in [1.807, 2.05) is 6.07 Å².